The number of benzene rings is 2. The quantitative estimate of drug-likeness (QED) is 0.273. The third-order valence-corrected chi connectivity index (χ3v) is 4.91. The number of nitrogens with zero attached hydrogens (tertiary/aromatic N) is 2. The van der Waals surface area contributed by atoms with Crippen molar-refractivity contribution in [1.82, 2.24) is 10.2 Å². The van der Waals surface area contributed by atoms with Crippen LogP contribution in [0.4, 0.5) is 16.2 Å². The Kier molecular flexibility index (Phi) is 6.31. The largest absolute Gasteiger partial charge is 0.494 e. The number of nitrogens with one attached hydrogen (secondary N) is 2. The van der Waals surface area contributed by atoms with Crippen molar-refractivity contribution >= 4 is 45.2 Å². The van der Waals surface area contributed by atoms with Crippen LogP contribution in [-0.2, 0) is 0 Å². The number of anilines is 1. The summed E-state index contributed by atoms with van der Waals surface area (Å²) in [6.07, 6.45) is 0.359. The van der Waals surface area contributed by atoms with Crippen molar-refractivity contribution in [2.75, 3.05) is 25.5 Å². The molecule has 1 aliphatic rings. The summed E-state index contributed by atoms with van der Waals surface area (Å²) in [6.45, 7) is 0.364. The SMILES string of the molecule is COc1cc([N+](=O)[O-])ccc1NC(=O)NCCCN1C(=O)c2ccc(Br)cc2C1=O. The Bertz CT molecular complexity index is 1040. The normalized spacial score (nSPS) is 12.5. The summed E-state index contributed by atoms with van der Waals surface area (Å²) in [6, 6.07) is 8.18. The molecular weight excluding hydrogens is 460 g/mol. The van der Waals surface area contributed by atoms with Crippen molar-refractivity contribution in [1.29, 1.82) is 0 Å². The molecule has 2 aromatic rings. The molecule has 1 heterocycles. The molecule has 0 aliphatic carbocycles. The molecule has 4 amide bonds. The average Bonchev–Trinajstić information content (AvgIpc) is 2.95. The van der Waals surface area contributed by atoms with E-state index in [1.165, 1.54) is 25.3 Å². The maximum Gasteiger partial charge on any atom is 0.319 e. The van der Waals surface area contributed by atoms with Crippen molar-refractivity contribution in [3.63, 3.8) is 0 Å². The molecule has 11 heteroatoms. The second kappa shape index (κ2) is 8.91. The van der Waals surface area contributed by atoms with Gasteiger partial charge in [0.1, 0.15) is 5.75 Å². The van der Waals surface area contributed by atoms with Crippen LogP contribution in [0.25, 0.3) is 0 Å². The highest BCUT2D eigenvalue weighted by Crippen LogP contribution is 2.29. The minimum Gasteiger partial charge on any atom is -0.494 e. The Hall–Kier alpha value is -3.47. The Labute approximate surface area is 179 Å². The molecule has 0 bridgehead atoms. The first-order valence-electron chi connectivity index (χ1n) is 8.85. The standard InChI is InChI=1S/C19H17BrN4O6/c1-30-16-10-12(24(28)29)4-6-15(16)22-19(27)21-7-2-8-23-17(25)13-5-3-11(20)9-14(13)18(23)26/h3-6,9-10H,2,7-8H2,1H3,(H2,21,22,27). The zero-order valence-electron chi connectivity index (χ0n) is 15.8. The van der Waals surface area contributed by atoms with E-state index in [2.05, 4.69) is 26.6 Å². The molecule has 0 aromatic heterocycles. The highest BCUT2D eigenvalue weighted by molar-refractivity contribution is 9.10. The molecule has 10 nitrogen and oxygen atoms in total. The minimum atomic E-state index is -0.565. The Morgan fingerprint density at radius 2 is 1.90 bits per heavy atom. The van der Waals surface area contributed by atoms with E-state index in [1.807, 2.05) is 0 Å². The number of non-ortho nitro benzene ring substituents is 1. The zero-order valence-corrected chi connectivity index (χ0v) is 17.4. The summed E-state index contributed by atoms with van der Waals surface area (Å²) < 4.78 is 5.77. The summed E-state index contributed by atoms with van der Waals surface area (Å²) in [4.78, 5) is 48.2. The molecule has 0 radical (unpaired) electrons. The molecule has 0 atom stereocenters. The zero-order chi connectivity index (χ0) is 21.8. The van der Waals surface area contributed by atoms with Gasteiger partial charge in [-0.05, 0) is 30.7 Å². The number of imide groups is 1. The van der Waals surface area contributed by atoms with Gasteiger partial charge in [0.2, 0.25) is 0 Å². The van der Waals surface area contributed by atoms with Crippen molar-refractivity contribution in [2.24, 2.45) is 0 Å². The lowest BCUT2D eigenvalue weighted by molar-refractivity contribution is -0.384. The number of amides is 4. The van der Waals surface area contributed by atoms with Gasteiger partial charge in [0, 0.05) is 23.6 Å². The van der Waals surface area contributed by atoms with Gasteiger partial charge in [-0.3, -0.25) is 24.6 Å². The molecule has 2 N–H and O–H groups in total. The van der Waals surface area contributed by atoms with Crippen LogP contribution in [0.5, 0.6) is 5.75 Å². The maximum atomic E-state index is 12.4. The van der Waals surface area contributed by atoms with Gasteiger partial charge < -0.3 is 15.4 Å². The van der Waals surface area contributed by atoms with Crippen LogP contribution in [0, 0.1) is 10.1 Å². The Morgan fingerprint density at radius 1 is 1.17 bits per heavy atom. The summed E-state index contributed by atoms with van der Waals surface area (Å²) >= 11 is 3.28. The van der Waals surface area contributed by atoms with Crippen molar-refractivity contribution in [3.05, 3.63) is 62.1 Å². The second-order valence-corrected chi connectivity index (χ2v) is 7.24. The number of fused-ring (bicyclic) bond motifs is 1. The van der Waals surface area contributed by atoms with Crippen LogP contribution >= 0.6 is 15.9 Å². The summed E-state index contributed by atoms with van der Waals surface area (Å²) in [5.74, 6) is -0.574. The van der Waals surface area contributed by atoms with E-state index in [-0.39, 0.29) is 42.0 Å². The van der Waals surface area contributed by atoms with Gasteiger partial charge in [0.15, 0.2) is 0 Å². The summed E-state index contributed by atoms with van der Waals surface area (Å²) in [7, 11) is 1.34. The molecule has 0 spiro atoms. The third kappa shape index (κ3) is 4.40. The third-order valence-electron chi connectivity index (χ3n) is 4.42. The highest BCUT2D eigenvalue weighted by Gasteiger charge is 2.34. The van der Waals surface area contributed by atoms with Crippen molar-refractivity contribution < 1.29 is 24.0 Å². The van der Waals surface area contributed by atoms with Gasteiger partial charge >= 0.3 is 6.03 Å². The van der Waals surface area contributed by atoms with Crippen molar-refractivity contribution in [3.8, 4) is 5.75 Å². The van der Waals surface area contributed by atoms with Crippen LogP contribution in [0.2, 0.25) is 0 Å². The number of hydrogen-bond acceptors (Lipinski definition) is 6. The number of ether oxygens (including phenoxy) is 1. The lowest BCUT2D eigenvalue weighted by atomic mass is 10.1. The number of carbonyl (C=O) groups excluding carboxylic acids is 3. The lowest BCUT2D eigenvalue weighted by Gasteiger charge is -2.14. The fraction of sp³-hybridized carbons (Fsp3) is 0.211. The average molecular weight is 477 g/mol. The van der Waals surface area contributed by atoms with E-state index < -0.39 is 11.0 Å². The van der Waals surface area contributed by atoms with Gasteiger partial charge in [-0.15, -0.1) is 0 Å². The van der Waals surface area contributed by atoms with Crippen LogP contribution in [0.15, 0.2) is 40.9 Å². The van der Waals surface area contributed by atoms with E-state index in [4.69, 9.17) is 4.74 Å². The van der Waals surface area contributed by atoms with Crippen LogP contribution < -0.4 is 15.4 Å². The first-order valence-corrected chi connectivity index (χ1v) is 9.64. The van der Waals surface area contributed by atoms with Gasteiger partial charge in [0.25, 0.3) is 17.5 Å². The molecule has 156 valence electrons. The number of rotatable bonds is 7. The molecule has 1 aliphatic heterocycles. The fourth-order valence-corrected chi connectivity index (χ4v) is 3.33. The molecular formula is C19H17BrN4O6. The lowest BCUT2D eigenvalue weighted by Crippen LogP contribution is -2.35. The van der Waals surface area contributed by atoms with E-state index in [9.17, 15) is 24.5 Å². The fourth-order valence-electron chi connectivity index (χ4n) is 2.97. The van der Waals surface area contributed by atoms with Gasteiger partial charge in [-0.1, -0.05) is 15.9 Å². The number of urea groups is 1. The van der Waals surface area contributed by atoms with Crippen LogP contribution in [0.1, 0.15) is 27.1 Å². The Morgan fingerprint density at radius 3 is 2.60 bits per heavy atom. The maximum absolute atomic E-state index is 12.4. The monoisotopic (exact) mass is 476 g/mol. The summed E-state index contributed by atoms with van der Waals surface area (Å²) in [5, 5.41) is 16.0. The second-order valence-electron chi connectivity index (χ2n) is 6.33. The predicted molar refractivity (Wildman–Crippen MR) is 111 cm³/mol. The number of nitro groups is 1. The number of hydrogen-bond donors (Lipinski definition) is 2. The van der Waals surface area contributed by atoms with Crippen LogP contribution in [0.3, 0.4) is 0 Å². The molecule has 0 fully saturated rings. The molecule has 30 heavy (non-hydrogen) atoms. The molecule has 3 rings (SSSR count). The highest BCUT2D eigenvalue weighted by atomic mass is 79.9. The molecule has 0 unspecified atom stereocenters. The van der Waals surface area contributed by atoms with Gasteiger partial charge in [-0.25, -0.2) is 4.79 Å². The van der Waals surface area contributed by atoms with Gasteiger partial charge in [-0.2, -0.15) is 0 Å². The topological polar surface area (TPSA) is 131 Å². The number of nitro benzene ring substituents is 1. The van der Waals surface area contributed by atoms with E-state index in [1.54, 1.807) is 18.2 Å². The summed E-state index contributed by atoms with van der Waals surface area (Å²) in [5.41, 5.74) is 0.821. The number of halogens is 1. The first-order chi connectivity index (χ1) is 14.3. The minimum absolute atomic E-state index is 0.150. The van der Waals surface area contributed by atoms with E-state index in [0.29, 0.717) is 22.0 Å². The Balaban J connectivity index is 1.51. The van der Waals surface area contributed by atoms with Crippen LogP contribution in [-0.4, -0.2) is 47.9 Å². The van der Waals surface area contributed by atoms with Crippen molar-refractivity contribution in [2.45, 2.75) is 6.42 Å². The molecule has 0 saturated heterocycles. The number of carbonyl (C=O) groups is 3. The predicted octanol–water partition coefficient (Wildman–Crippen LogP) is 3.17. The molecule has 0 saturated carbocycles. The number of methoxy groups -OCH3 is 1. The van der Waals surface area contributed by atoms with E-state index in [0.717, 1.165) is 4.90 Å². The molecule has 2 aromatic carbocycles. The first kappa shape index (κ1) is 21.2. The van der Waals surface area contributed by atoms with E-state index >= 15 is 0 Å². The smallest absolute Gasteiger partial charge is 0.319 e. The van der Waals surface area contributed by atoms with Gasteiger partial charge in [0.05, 0.1) is 34.9 Å².